The second kappa shape index (κ2) is 5.81. The molecule has 0 saturated carbocycles. The summed E-state index contributed by atoms with van der Waals surface area (Å²) in [6.45, 7) is 0. The van der Waals surface area contributed by atoms with Gasteiger partial charge in [-0.25, -0.2) is 0 Å². The van der Waals surface area contributed by atoms with Gasteiger partial charge < -0.3 is 20.4 Å². The Morgan fingerprint density at radius 2 is 1.27 bits per heavy atom. The Morgan fingerprint density at radius 3 is 1.92 bits per heavy atom. The van der Waals surface area contributed by atoms with E-state index in [0.717, 1.165) is 5.56 Å². The fraction of sp³-hybridized carbons (Fsp3) is 0.0952. The molecule has 0 unspecified atom stereocenters. The van der Waals surface area contributed by atoms with Crippen LogP contribution in [-0.4, -0.2) is 26.2 Å². The van der Waals surface area contributed by atoms with Crippen molar-refractivity contribution in [3.63, 3.8) is 0 Å². The Kier molecular flexibility index (Phi) is 3.58. The van der Waals surface area contributed by atoms with E-state index in [4.69, 9.17) is 0 Å². The van der Waals surface area contributed by atoms with Gasteiger partial charge >= 0.3 is 0 Å². The third-order valence-corrected chi connectivity index (χ3v) is 4.78. The summed E-state index contributed by atoms with van der Waals surface area (Å²) in [7, 11) is 0. The number of carbonyl (C=O) groups is 1. The second-order valence-corrected chi connectivity index (χ2v) is 6.44. The molecule has 5 nitrogen and oxygen atoms in total. The number of hydrogen-bond acceptors (Lipinski definition) is 5. The first kappa shape index (κ1) is 16.0. The van der Waals surface area contributed by atoms with Gasteiger partial charge in [-0.15, -0.1) is 0 Å². The zero-order chi connectivity index (χ0) is 18.4. The van der Waals surface area contributed by atoms with Crippen LogP contribution >= 0.6 is 0 Å². The van der Waals surface area contributed by atoms with Gasteiger partial charge in [-0.3, -0.25) is 4.79 Å². The summed E-state index contributed by atoms with van der Waals surface area (Å²) in [5.74, 6) is -2.12. The lowest BCUT2D eigenvalue weighted by molar-refractivity contribution is 0.0967. The normalized spacial score (nSPS) is 18.7. The first-order valence-corrected chi connectivity index (χ1v) is 8.13. The van der Waals surface area contributed by atoms with Crippen molar-refractivity contribution in [1.82, 2.24) is 0 Å². The van der Waals surface area contributed by atoms with Gasteiger partial charge in [0.05, 0.1) is 5.92 Å². The molecular formula is C21H16O5. The molecule has 5 heteroatoms. The van der Waals surface area contributed by atoms with Gasteiger partial charge in [0, 0.05) is 29.2 Å². The Bertz CT molecular complexity index is 990. The summed E-state index contributed by atoms with van der Waals surface area (Å²) in [5.41, 5.74) is 1.88. The molecule has 0 heterocycles. The molecule has 0 fully saturated rings. The Hall–Kier alpha value is -3.47. The Labute approximate surface area is 149 Å². The SMILES string of the molecule is O=C1c2cc(O)cc(O)c2[C@H](c2cc(O)cc(O)c2)[C@H]1c1ccccc1. The molecule has 0 aliphatic heterocycles. The fourth-order valence-corrected chi connectivity index (χ4v) is 3.80. The third kappa shape index (κ3) is 2.45. The molecule has 4 N–H and O–H groups in total. The molecule has 0 spiro atoms. The van der Waals surface area contributed by atoms with Crippen LogP contribution in [-0.2, 0) is 0 Å². The van der Waals surface area contributed by atoms with Gasteiger partial charge in [0.15, 0.2) is 5.78 Å². The summed E-state index contributed by atoms with van der Waals surface area (Å²) in [4.78, 5) is 13.1. The maximum Gasteiger partial charge on any atom is 0.171 e. The maximum atomic E-state index is 13.1. The minimum Gasteiger partial charge on any atom is -0.508 e. The monoisotopic (exact) mass is 348 g/mol. The molecule has 3 aromatic rings. The number of fused-ring (bicyclic) bond motifs is 1. The zero-order valence-electron chi connectivity index (χ0n) is 13.6. The van der Waals surface area contributed by atoms with Crippen LogP contribution in [0.25, 0.3) is 0 Å². The number of rotatable bonds is 2. The van der Waals surface area contributed by atoms with Crippen molar-refractivity contribution in [1.29, 1.82) is 0 Å². The van der Waals surface area contributed by atoms with E-state index in [1.165, 1.54) is 30.3 Å². The van der Waals surface area contributed by atoms with E-state index in [9.17, 15) is 25.2 Å². The van der Waals surface area contributed by atoms with Gasteiger partial charge in [0.2, 0.25) is 0 Å². The topological polar surface area (TPSA) is 98.0 Å². The molecule has 0 bridgehead atoms. The van der Waals surface area contributed by atoms with Gasteiger partial charge in [0.25, 0.3) is 0 Å². The molecule has 0 aromatic heterocycles. The summed E-state index contributed by atoms with van der Waals surface area (Å²) in [5, 5.41) is 40.0. The number of phenols is 4. The molecule has 26 heavy (non-hydrogen) atoms. The van der Waals surface area contributed by atoms with Crippen LogP contribution < -0.4 is 0 Å². The quantitative estimate of drug-likeness (QED) is 0.567. The molecular weight excluding hydrogens is 332 g/mol. The fourth-order valence-electron chi connectivity index (χ4n) is 3.80. The number of hydrogen-bond donors (Lipinski definition) is 4. The van der Waals surface area contributed by atoms with E-state index in [0.29, 0.717) is 11.1 Å². The van der Waals surface area contributed by atoms with E-state index in [1.807, 2.05) is 30.3 Å². The van der Waals surface area contributed by atoms with Crippen LogP contribution in [0.2, 0.25) is 0 Å². The largest absolute Gasteiger partial charge is 0.508 e. The van der Waals surface area contributed by atoms with Crippen molar-refractivity contribution < 1.29 is 25.2 Å². The zero-order valence-corrected chi connectivity index (χ0v) is 13.6. The van der Waals surface area contributed by atoms with Crippen LogP contribution in [0.15, 0.2) is 60.7 Å². The molecule has 1 aliphatic carbocycles. The predicted molar refractivity (Wildman–Crippen MR) is 94.9 cm³/mol. The average Bonchev–Trinajstić information content (AvgIpc) is 2.88. The molecule has 2 atom stereocenters. The van der Waals surface area contributed by atoms with Gasteiger partial charge in [0.1, 0.15) is 23.0 Å². The van der Waals surface area contributed by atoms with E-state index in [1.54, 1.807) is 0 Å². The van der Waals surface area contributed by atoms with Crippen LogP contribution in [0.4, 0.5) is 0 Å². The number of ketones is 1. The lowest BCUT2D eigenvalue weighted by Gasteiger charge is -2.21. The number of benzene rings is 3. The first-order valence-electron chi connectivity index (χ1n) is 8.13. The van der Waals surface area contributed by atoms with E-state index >= 15 is 0 Å². The van der Waals surface area contributed by atoms with Crippen LogP contribution in [0.5, 0.6) is 23.0 Å². The van der Waals surface area contributed by atoms with Crippen molar-refractivity contribution in [3.8, 4) is 23.0 Å². The Balaban J connectivity index is 1.99. The van der Waals surface area contributed by atoms with Gasteiger partial charge in [-0.1, -0.05) is 30.3 Å². The standard InChI is InChI=1S/C21H16O5/c22-13-6-12(7-14(23)8-13)18-19(11-4-2-1-3-5-11)21(26)16-9-15(24)10-17(25)20(16)18/h1-10,18-19,22-25H/t18-,19-/m1/s1. The molecule has 0 saturated heterocycles. The van der Waals surface area contributed by atoms with Crippen LogP contribution in [0.3, 0.4) is 0 Å². The van der Waals surface area contributed by atoms with Crippen molar-refractivity contribution in [3.05, 3.63) is 82.9 Å². The maximum absolute atomic E-state index is 13.1. The van der Waals surface area contributed by atoms with Crippen molar-refractivity contribution in [2.45, 2.75) is 11.8 Å². The van der Waals surface area contributed by atoms with E-state index in [-0.39, 0.29) is 34.3 Å². The number of carbonyl (C=O) groups excluding carboxylic acids is 1. The van der Waals surface area contributed by atoms with Crippen molar-refractivity contribution >= 4 is 5.78 Å². The number of phenolic OH excluding ortho intramolecular Hbond substituents is 4. The highest BCUT2D eigenvalue weighted by Gasteiger charge is 2.43. The average molecular weight is 348 g/mol. The molecule has 3 aromatic carbocycles. The minimum absolute atomic E-state index is 0.133. The molecule has 130 valence electrons. The first-order chi connectivity index (χ1) is 12.5. The van der Waals surface area contributed by atoms with Gasteiger partial charge in [-0.05, 0) is 29.3 Å². The molecule has 0 radical (unpaired) electrons. The third-order valence-electron chi connectivity index (χ3n) is 4.78. The predicted octanol–water partition coefficient (Wildman–Crippen LogP) is 3.62. The Morgan fingerprint density at radius 1 is 0.654 bits per heavy atom. The highest BCUT2D eigenvalue weighted by atomic mass is 16.3. The molecule has 4 rings (SSSR count). The van der Waals surface area contributed by atoms with Crippen LogP contribution in [0, 0.1) is 0 Å². The van der Waals surface area contributed by atoms with E-state index in [2.05, 4.69) is 0 Å². The lowest BCUT2D eigenvalue weighted by Crippen LogP contribution is -2.13. The molecule has 0 amide bonds. The van der Waals surface area contributed by atoms with Gasteiger partial charge in [-0.2, -0.15) is 0 Å². The van der Waals surface area contributed by atoms with Crippen molar-refractivity contribution in [2.75, 3.05) is 0 Å². The molecule has 1 aliphatic rings. The summed E-state index contributed by atoms with van der Waals surface area (Å²) in [6, 6.07) is 15.8. The second-order valence-electron chi connectivity index (χ2n) is 6.44. The minimum atomic E-state index is -0.639. The van der Waals surface area contributed by atoms with E-state index < -0.39 is 11.8 Å². The summed E-state index contributed by atoms with van der Waals surface area (Å²) < 4.78 is 0. The highest BCUT2D eigenvalue weighted by molar-refractivity contribution is 6.08. The summed E-state index contributed by atoms with van der Waals surface area (Å²) in [6.07, 6.45) is 0. The van der Waals surface area contributed by atoms with Crippen LogP contribution in [0.1, 0.15) is 38.9 Å². The number of aromatic hydroxyl groups is 4. The highest BCUT2D eigenvalue weighted by Crippen LogP contribution is 2.52. The smallest absolute Gasteiger partial charge is 0.171 e. The lowest BCUT2D eigenvalue weighted by atomic mass is 9.81. The number of Topliss-reactive ketones (excluding diaryl/α,β-unsaturated/α-hetero) is 1. The summed E-state index contributed by atoms with van der Waals surface area (Å²) >= 11 is 0. The van der Waals surface area contributed by atoms with Crippen molar-refractivity contribution in [2.24, 2.45) is 0 Å².